The molecular formula is C21H20FNO. The van der Waals surface area contributed by atoms with Gasteiger partial charge in [0.15, 0.2) is 0 Å². The predicted molar refractivity (Wildman–Crippen MR) is 95.8 cm³/mol. The van der Waals surface area contributed by atoms with Crippen LogP contribution in [0.3, 0.4) is 0 Å². The molecule has 0 aliphatic rings. The lowest BCUT2D eigenvalue weighted by molar-refractivity contribution is 0.322. The van der Waals surface area contributed by atoms with E-state index in [0.29, 0.717) is 18.8 Å². The first kappa shape index (κ1) is 16.1. The summed E-state index contributed by atoms with van der Waals surface area (Å²) < 4.78 is 19.3. The van der Waals surface area contributed by atoms with Crippen molar-refractivity contribution in [2.75, 3.05) is 11.9 Å². The van der Waals surface area contributed by atoms with Crippen LogP contribution in [0.4, 0.5) is 10.1 Å². The van der Waals surface area contributed by atoms with Crippen molar-refractivity contribution in [3.05, 3.63) is 95.8 Å². The van der Waals surface area contributed by atoms with Crippen molar-refractivity contribution < 1.29 is 9.13 Å². The summed E-state index contributed by atoms with van der Waals surface area (Å²) in [6.45, 7) is 1.22. The SMILES string of the molecule is Fc1ccccc1NCc1ccc(OCCc2ccccc2)cc1. The quantitative estimate of drug-likeness (QED) is 0.657. The molecule has 2 nitrogen and oxygen atoms in total. The summed E-state index contributed by atoms with van der Waals surface area (Å²) in [5, 5.41) is 3.10. The van der Waals surface area contributed by atoms with Crippen LogP contribution in [0.25, 0.3) is 0 Å². The van der Waals surface area contributed by atoms with Crippen molar-refractivity contribution in [3.8, 4) is 5.75 Å². The number of nitrogens with one attached hydrogen (secondary N) is 1. The maximum Gasteiger partial charge on any atom is 0.146 e. The van der Waals surface area contributed by atoms with Crippen LogP contribution in [0, 0.1) is 5.82 Å². The van der Waals surface area contributed by atoms with Crippen molar-refractivity contribution in [1.82, 2.24) is 0 Å². The number of rotatable bonds is 7. The van der Waals surface area contributed by atoms with Crippen molar-refractivity contribution >= 4 is 5.69 Å². The van der Waals surface area contributed by atoms with Crippen LogP contribution >= 0.6 is 0 Å². The fourth-order valence-corrected chi connectivity index (χ4v) is 2.44. The fraction of sp³-hybridized carbons (Fsp3) is 0.143. The maximum atomic E-state index is 13.6. The molecule has 0 bridgehead atoms. The van der Waals surface area contributed by atoms with Crippen molar-refractivity contribution in [2.45, 2.75) is 13.0 Å². The Hall–Kier alpha value is -2.81. The molecule has 0 radical (unpaired) electrons. The molecule has 0 atom stereocenters. The average Bonchev–Trinajstić information content (AvgIpc) is 2.63. The molecule has 3 rings (SSSR count). The highest BCUT2D eigenvalue weighted by Gasteiger charge is 2.01. The van der Waals surface area contributed by atoms with Crippen molar-refractivity contribution in [3.63, 3.8) is 0 Å². The van der Waals surface area contributed by atoms with E-state index in [1.54, 1.807) is 12.1 Å². The predicted octanol–water partition coefficient (Wildman–Crippen LogP) is 5.06. The van der Waals surface area contributed by atoms with Gasteiger partial charge in [-0.2, -0.15) is 0 Å². The first-order chi connectivity index (χ1) is 11.8. The standard InChI is InChI=1S/C21H20FNO/c22-20-8-4-5-9-21(20)23-16-18-10-12-19(13-11-18)24-15-14-17-6-2-1-3-7-17/h1-13,23H,14-16H2. The second-order valence-corrected chi connectivity index (χ2v) is 5.56. The average molecular weight is 321 g/mol. The minimum Gasteiger partial charge on any atom is -0.493 e. The van der Waals surface area contributed by atoms with E-state index in [9.17, 15) is 4.39 Å². The molecule has 0 unspecified atom stereocenters. The summed E-state index contributed by atoms with van der Waals surface area (Å²) >= 11 is 0. The van der Waals surface area contributed by atoms with Crippen molar-refractivity contribution in [2.24, 2.45) is 0 Å². The highest BCUT2D eigenvalue weighted by atomic mass is 19.1. The highest BCUT2D eigenvalue weighted by molar-refractivity contribution is 5.45. The minimum atomic E-state index is -0.238. The zero-order chi connectivity index (χ0) is 16.6. The number of hydrogen-bond acceptors (Lipinski definition) is 2. The minimum absolute atomic E-state index is 0.238. The summed E-state index contributed by atoms with van der Waals surface area (Å²) in [6.07, 6.45) is 0.886. The van der Waals surface area contributed by atoms with E-state index in [1.165, 1.54) is 11.6 Å². The Morgan fingerprint density at radius 2 is 1.46 bits per heavy atom. The third kappa shape index (κ3) is 4.59. The summed E-state index contributed by atoms with van der Waals surface area (Å²) in [6, 6.07) is 24.8. The monoisotopic (exact) mass is 321 g/mol. The molecule has 0 aromatic heterocycles. The Morgan fingerprint density at radius 3 is 2.21 bits per heavy atom. The zero-order valence-corrected chi connectivity index (χ0v) is 13.4. The largest absolute Gasteiger partial charge is 0.493 e. The van der Waals surface area contributed by atoms with Crippen LogP contribution < -0.4 is 10.1 Å². The Labute approximate surface area is 141 Å². The van der Waals surface area contributed by atoms with Gasteiger partial charge in [-0.05, 0) is 35.4 Å². The molecule has 0 heterocycles. The first-order valence-electron chi connectivity index (χ1n) is 8.05. The molecule has 0 spiro atoms. The maximum absolute atomic E-state index is 13.6. The Balaban J connectivity index is 1.47. The second-order valence-electron chi connectivity index (χ2n) is 5.56. The van der Waals surface area contributed by atoms with Gasteiger partial charge >= 0.3 is 0 Å². The molecule has 3 aromatic rings. The molecule has 0 aliphatic heterocycles. The highest BCUT2D eigenvalue weighted by Crippen LogP contribution is 2.16. The molecule has 0 saturated heterocycles. The smallest absolute Gasteiger partial charge is 0.146 e. The number of ether oxygens (including phenoxy) is 1. The van der Waals surface area contributed by atoms with Gasteiger partial charge in [0.2, 0.25) is 0 Å². The van der Waals surface area contributed by atoms with Gasteiger partial charge in [0.05, 0.1) is 12.3 Å². The summed E-state index contributed by atoms with van der Waals surface area (Å²) in [4.78, 5) is 0. The molecule has 24 heavy (non-hydrogen) atoms. The number of para-hydroxylation sites is 1. The molecule has 0 aliphatic carbocycles. The molecule has 3 heteroatoms. The molecule has 1 N–H and O–H groups in total. The van der Waals surface area contributed by atoms with E-state index in [2.05, 4.69) is 17.4 Å². The van der Waals surface area contributed by atoms with E-state index in [1.807, 2.05) is 48.5 Å². The van der Waals surface area contributed by atoms with E-state index < -0.39 is 0 Å². The zero-order valence-electron chi connectivity index (χ0n) is 13.4. The normalized spacial score (nSPS) is 10.4. The first-order valence-corrected chi connectivity index (χ1v) is 8.05. The van der Waals surface area contributed by atoms with Crippen LogP contribution in [0.1, 0.15) is 11.1 Å². The lowest BCUT2D eigenvalue weighted by atomic mass is 10.2. The van der Waals surface area contributed by atoms with E-state index in [0.717, 1.165) is 17.7 Å². The van der Waals surface area contributed by atoms with Crippen LogP contribution in [0.2, 0.25) is 0 Å². The molecule has 122 valence electrons. The fourth-order valence-electron chi connectivity index (χ4n) is 2.44. The summed E-state index contributed by atoms with van der Waals surface area (Å²) in [5.74, 6) is 0.610. The van der Waals surface area contributed by atoms with E-state index >= 15 is 0 Å². The number of benzene rings is 3. The number of halogens is 1. The third-order valence-corrected chi connectivity index (χ3v) is 3.78. The molecule has 0 fully saturated rings. The van der Waals surface area contributed by atoms with Gasteiger partial charge in [-0.1, -0.05) is 54.6 Å². The van der Waals surface area contributed by atoms with Gasteiger partial charge in [0.25, 0.3) is 0 Å². The molecule has 0 amide bonds. The van der Waals surface area contributed by atoms with Crippen LogP contribution in [-0.4, -0.2) is 6.61 Å². The third-order valence-electron chi connectivity index (χ3n) is 3.78. The van der Waals surface area contributed by atoms with Crippen LogP contribution in [0.5, 0.6) is 5.75 Å². The lowest BCUT2D eigenvalue weighted by Crippen LogP contribution is -2.03. The van der Waals surface area contributed by atoms with Crippen LogP contribution in [-0.2, 0) is 13.0 Å². The van der Waals surface area contributed by atoms with Crippen LogP contribution in [0.15, 0.2) is 78.9 Å². The summed E-state index contributed by atoms with van der Waals surface area (Å²) in [7, 11) is 0. The summed E-state index contributed by atoms with van der Waals surface area (Å²) in [5.41, 5.74) is 2.86. The molecule has 0 saturated carbocycles. The Bertz CT molecular complexity index is 756. The second kappa shape index (κ2) is 8.16. The van der Waals surface area contributed by atoms with Gasteiger partial charge in [-0.25, -0.2) is 4.39 Å². The van der Waals surface area contributed by atoms with Crippen molar-refractivity contribution in [1.29, 1.82) is 0 Å². The lowest BCUT2D eigenvalue weighted by Gasteiger charge is -2.09. The van der Waals surface area contributed by atoms with Gasteiger partial charge < -0.3 is 10.1 Å². The Kier molecular flexibility index (Phi) is 5.46. The number of anilines is 1. The van der Waals surface area contributed by atoms with E-state index in [4.69, 9.17) is 4.74 Å². The van der Waals surface area contributed by atoms with Gasteiger partial charge in [-0.3, -0.25) is 0 Å². The Morgan fingerprint density at radius 1 is 0.750 bits per heavy atom. The van der Waals surface area contributed by atoms with Gasteiger partial charge in [0, 0.05) is 13.0 Å². The molecular weight excluding hydrogens is 301 g/mol. The number of hydrogen-bond donors (Lipinski definition) is 1. The van der Waals surface area contributed by atoms with Gasteiger partial charge in [-0.15, -0.1) is 0 Å². The topological polar surface area (TPSA) is 21.3 Å². The van der Waals surface area contributed by atoms with E-state index in [-0.39, 0.29) is 5.82 Å². The van der Waals surface area contributed by atoms with Gasteiger partial charge in [0.1, 0.15) is 11.6 Å². The molecule has 3 aromatic carbocycles.